The van der Waals surface area contributed by atoms with Crippen molar-refractivity contribution in [3.05, 3.63) is 66.7 Å². The molecule has 0 aliphatic carbocycles. The third-order valence-electron chi connectivity index (χ3n) is 4.90. The minimum Gasteiger partial charge on any atom is -0.497 e. The van der Waals surface area contributed by atoms with Crippen LogP contribution in [0.15, 0.2) is 66.7 Å². The van der Waals surface area contributed by atoms with Gasteiger partial charge in [0.2, 0.25) is 11.8 Å². The zero-order chi connectivity index (χ0) is 18.8. The number of ether oxygens (including phenoxy) is 1. The Balaban J connectivity index is 1.46. The van der Waals surface area contributed by atoms with Gasteiger partial charge in [0.15, 0.2) is 0 Å². The van der Waals surface area contributed by atoms with Gasteiger partial charge in [0.05, 0.1) is 13.0 Å². The molecule has 4 rings (SSSR count). The van der Waals surface area contributed by atoms with Crippen LogP contribution in [0, 0.1) is 5.92 Å². The van der Waals surface area contributed by atoms with Crippen LogP contribution in [0.25, 0.3) is 10.8 Å². The Morgan fingerprint density at radius 1 is 1.04 bits per heavy atom. The Hall–Kier alpha value is -3.34. The molecule has 0 bridgehead atoms. The molecule has 0 aromatic heterocycles. The molecular formula is C22H20N2O3. The minimum atomic E-state index is -0.369. The van der Waals surface area contributed by atoms with E-state index in [4.69, 9.17) is 4.74 Å². The molecule has 2 amide bonds. The number of methoxy groups -OCH3 is 1. The molecule has 1 atom stereocenters. The van der Waals surface area contributed by atoms with Crippen LogP contribution in [0.5, 0.6) is 5.75 Å². The number of carbonyl (C=O) groups is 2. The number of benzene rings is 3. The second-order valence-corrected chi connectivity index (χ2v) is 6.65. The van der Waals surface area contributed by atoms with E-state index in [9.17, 15) is 9.59 Å². The number of nitrogens with one attached hydrogen (secondary N) is 1. The van der Waals surface area contributed by atoms with E-state index in [0.717, 1.165) is 27.9 Å². The van der Waals surface area contributed by atoms with Crippen LogP contribution in [0.4, 0.5) is 11.4 Å². The SMILES string of the molecule is COc1ccc(N2CC(C(=O)Nc3ccc4ccccc4c3)CC2=O)cc1. The van der Waals surface area contributed by atoms with Gasteiger partial charge in [-0.25, -0.2) is 0 Å². The standard InChI is InChI=1S/C22H20N2O3/c1-27-20-10-8-19(9-11-20)24-14-17(13-21(24)25)22(26)23-18-7-6-15-4-2-3-5-16(15)12-18/h2-12,17H,13-14H2,1H3,(H,23,26). The van der Waals surface area contributed by atoms with Gasteiger partial charge in [0.25, 0.3) is 0 Å². The second-order valence-electron chi connectivity index (χ2n) is 6.65. The minimum absolute atomic E-state index is 0.0428. The van der Waals surface area contributed by atoms with Crippen molar-refractivity contribution in [1.82, 2.24) is 0 Å². The Morgan fingerprint density at radius 3 is 2.52 bits per heavy atom. The monoisotopic (exact) mass is 360 g/mol. The molecular weight excluding hydrogens is 340 g/mol. The van der Waals surface area contributed by atoms with E-state index >= 15 is 0 Å². The number of carbonyl (C=O) groups excluding carboxylic acids is 2. The summed E-state index contributed by atoms with van der Waals surface area (Å²) in [4.78, 5) is 26.7. The van der Waals surface area contributed by atoms with Gasteiger partial charge in [0, 0.05) is 24.3 Å². The van der Waals surface area contributed by atoms with E-state index in [0.29, 0.717) is 6.54 Å². The fourth-order valence-electron chi connectivity index (χ4n) is 3.41. The summed E-state index contributed by atoms with van der Waals surface area (Å²) in [5.41, 5.74) is 1.52. The molecule has 1 N–H and O–H groups in total. The molecule has 1 aliphatic heterocycles. The molecule has 27 heavy (non-hydrogen) atoms. The Morgan fingerprint density at radius 2 is 1.78 bits per heavy atom. The van der Waals surface area contributed by atoms with Crippen molar-refractivity contribution >= 4 is 34.0 Å². The zero-order valence-electron chi connectivity index (χ0n) is 15.0. The number of rotatable bonds is 4. The molecule has 1 saturated heterocycles. The Bertz CT molecular complexity index is 998. The first-order valence-electron chi connectivity index (χ1n) is 8.88. The van der Waals surface area contributed by atoms with Gasteiger partial charge in [-0.05, 0) is 47.2 Å². The predicted octanol–water partition coefficient (Wildman–Crippen LogP) is 3.84. The molecule has 0 spiro atoms. The smallest absolute Gasteiger partial charge is 0.229 e. The van der Waals surface area contributed by atoms with E-state index in [1.165, 1.54) is 0 Å². The maximum absolute atomic E-state index is 12.7. The van der Waals surface area contributed by atoms with Gasteiger partial charge in [-0.2, -0.15) is 0 Å². The van der Waals surface area contributed by atoms with Crippen LogP contribution in [0.2, 0.25) is 0 Å². The molecule has 136 valence electrons. The number of hydrogen-bond donors (Lipinski definition) is 1. The maximum Gasteiger partial charge on any atom is 0.229 e. The average Bonchev–Trinajstić information content (AvgIpc) is 3.10. The highest BCUT2D eigenvalue weighted by atomic mass is 16.5. The summed E-state index contributed by atoms with van der Waals surface area (Å²) >= 11 is 0. The van der Waals surface area contributed by atoms with E-state index in [-0.39, 0.29) is 24.2 Å². The summed E-state index contributed by atoms with van der Waals surface area (Å²) < 4.78 is 5.15. The molecule has 0 radical (unpaired) electrons. The number of amides is 2. The molecule has 1 aliphatic rings. The lowest BCUT2D eigenvalue weighted by atomic mass is 10.1. The summed E-state index contributed by atoms with van der Waals surface area (Å²) in [6.07, 6.45) is 0.214. The third-order valence-corrected chi connectivity index (χ3v) is 4.90. The van der Waals surface area contributed by atoms with Crippen LogP contribution >= 0.6 is 0 Å². The van der Waals surface area contributed by atoms with Gasteiger partial charge in [-0.15, -0.1) is 0 Å². The van der Waals surface area contributed by atoms with Gasteiger partial charge < -0.3 is 15.0 Å². The quantitative estimate of drug-likeness (QED) is 0.769. The van der Waals surface area contributed by atoms with Crippen molar-refractivity contribution in [2.75, 3.05) is 23.9 Å². The van der Waals surface area contributed by atoms with E-state index < -0.39 is 0 Å². The highest BCUT2D eigenvalue weighted by Gasteiger charge is 2.35. The average molecular weight is 360 g/mol. The van der Waals surface area contributed by atoms with Crippen molar-refractivity contribution in [3.63, 3.8) is 0 Å². The van der Waals surface area contributed by atoms with Crippen LogP contribution in [0.3, 0.4) is 0 Å². The molecule has 1 unspecified atom stereocenters. The fraction of sp³-hybridized carbons (Fsp3) is 0.182. The highest BCUT2D eigenvalue weighted by molar-refractivity contribution is 6.04. The van der Waals surface area contributed by atoms with Crippen LogP contribution in [-0.4, -0.2) is 25.5 Å². The number of nitrogens with zero attached hydrogens (tertiary/aromatic N) is 1. The van der Waals surface area contributed by atoms with E-state index in [2.05, 4.69) is 5.32 Å². The van der Waals surface area contributed by atoms with Crippen LogP contribution in [-0.2, 0) is 9.59 Å². The molecule has 1 fully saturated rings. The summed E-state index contributed by atoms with van der Waals surface area (Å²) in [6, 6.07) is 21.1. The lowest BCUT2D eigenvalue weighted by molar-refractivity contribution is -0.122. The Kier molecular flexibility index (Phi) is 4.50. The second kappa shape index (κ2) is 7.11. The third kappa shape index (κ3) is 3.49. The lowest BCUT2D eigenvalue weighted by Crippen LogP contribution is -2.28. The van der Waals surface area contributed by atoms with Gasteiger partial charge >= 0.3 is 0 Å². The molecule has 0 saturated carbocycles. The molecule has 3 aromatic carbocycles. The molecule has 1 heterocycles. The normalized spacial score (nSPS) is 16.6. The van der Waals surface area contributed by atoms with Crippen LogP contribution < -0.4 is 15.0 Å². The zero-order valence-corrected chi connectivity index (χ0v) is 15.0. The first-order valence-corrected chi connectivity index (χ1v) is 8.88. The van der Waals surface area contributed by atoms with Crippen molar-refractivity contribution in [1.29, 1.82) is 0 Å². The first kappa shape index (κ1) is 17.1. The van der Waals surface area contributed by atoms with Gasteiger partial charge in [0.1, 0.15) is 5.75 Å². The summed E-state index contributed by atoms with van der Waals surface area (Å²) in [7, 11) is 1.60. The topological polar surface area (TPSA) is 58.6 Å². The van der Waals surface area contributed by atoms with Gasteiger partial charge in [-0.1, -0.05) is 30.3 Å². The van der Waals surface area contributed by atoms with E-state index in [1.807, 2.05) is 66.7 Å². The lowest BCUT2D eigenvalue weighted by Gasteiger charge is -2.17. The molecule has 5 heteroatoms. The predicted molar refractivity (Wildman–Crippen MR) is 106 cm³/mol. The highest BCUT2D eigenvalue weighted by Crippen LogP contribution is 2.28. The summed E-state index contributed by atoms with van der Waals surface area (Å²) in [5, 5.41) is 5.14. The number of hydrogen-bond acceptors (Lipinski definition) is 3. The molecule has 3 aromatic rings. The summed E-state index contributed by atoms with van der Waals surface area (Å²) in [5.74, 6) is 0.190. The largest absolute Gasteiger partial charge is 0.497 e. The molecule has 5 nitrogen and oxygen atoms in total. The maximum atomic E-state index is 12.7. The van der Waals surface area contributed by atoms with E-state index in [1.54, 1.807) is 12.0 Å². The Labute approximate surface area is 157 Å². The van der Waals surface area contributed by atoms with Crippen molar-refractivity contribution in [2.24, 2.45) is 5.92 Å². The van der Waals surface area contributed by atoms with Crippen molar-refractivity contribution in [2.45, 2.75) is 6.42 Å². The summed E-state index contributed by atoms with van der Waals surface area (Å²) in [6.45, 7) is 0.380. The van der Waals surface area contributed by atoms with Crippen molar-refractivity contribution < 1.29 is 14.3 Å². The van der Waals surface area contributed by atoms with Gasteiger partial charge in [-0.3, -0.25) is 9.59 Å². The van der Waals surface area contributed by atoms with Crippen LogP contribution in [0.1, 0.15) is 6.42 Å². The number of anilines is 2. The fourth-order valence-corrected chi connectivity index (χ4v) is 3.41. The van der Waals surface area contributed by atoms with Crippen molar-refractivity contribution in [3.8, 4) is 5.75 Å². The first-order chi connectivity index (χ1) is 13.1. The number of fused-ring (bicyclic) bond motifs is 1.